The van der Waals surface area contributed by atoms with Gasteiger partial charge in [0.2, 0.25) is 0 Å². The molecule has 16 heavy (non-hydrogen) atoms. The normalized spacial score (nSPS) is 13.5. The molecule has 0 aliphatic rings. The highest BCUT2D eigenvalue weighted by Gasteiger charge is 2.14. The zero-order chi connectivity index (χ0) is 11.5. The Morgan fingerprint density at radius 1 is 1.38 bits per heavy atom. The zero-order valence-electron chi connectivity index (χ0n) is 9.60. The molecule has 1 aromatic heterocycles. The average molecular weight is 235 g/mol. The lowest BCUT2D eigenvalue weighted by atomic mass is 10.1. The van der Waals surface area contributed by atoms with Gasteiger partial charge in [0.1, 0.15) is 0 Å². The summed E-state index contributed by atoms with van der Waals surface area (Å²) >= 11 is 1.77. The smallest absolute Gasteiger partial charge is 0.0600 e. The molecule has 2 aromatic rings. The molecule has 1 heterocycles. The summed E-state index contributed by atoms with van der Waals surface area (Å²) in [5, 5.41) is 3.42. The highest BCUT2D eigenvalue weighted by Crippen LogP contribution is 2.28. The van der Waals surface area contributed by atoms with Gasteiger partial charge in [-0.05, 0) is 36.5 Å². The van der Waals surface area contributed by atoms with Crippen LogP contribution in [0.15, 0.2) is 29.6 Å². The topological polar surface area (TPSA) is 41.3 Å². The van der Waals surface area contributed by atoms with Crippen molar-refractivity contribution < 1.29 is 0 Å². The van der Waals surface area contributed by atoms with Crippen LogP contribution < -0.4 is 11.3 Å². The molecule has 0 aliphatic carbocycles. The van der Waals surface area contributed by atoms with Gasteiger partial charge in [-0.15, -0.1) is 11.3 Å². The number of hydrazine groups is 1. The number of nitrogens with zero attached hydrogens (tertiary/aromatic N) is 1. The number of hydrogen-bond donors (Lipinski definition) is 2. The van der Waals surface area contributed by atoms with Crippen LogP contribution in [0.2, 0.25) is 0 Å². The number of rotatable bonds is 4. The molecule has 0 saturated carbocycles. The number of nitrogens with two attached hydrogens (primary N) is 1. The third-order valence-electron chi connectivity index (χ3n) is 2.63. The molecule has 1 unspecified atom stereocenters. The molecule has 1 atom stereocenters. The first-order valence-corrected chi connectivity index (χ1v) is 6.17. The molecule has 0 amide bonds. The molecule has 3 N–H and O–H groups in total. The highest BCUT2D eigenvalue weighted by molar-refractivity contribution is 7.17. The van der Waals surface area contributed by atoms with Crippen molar-refractivity contribution in [3.05, 3.63) is 35.2 Å². The van der Waals surface area contributed by atoms with Crippen LogP contribution in [0.25, 0.3) is 10.1 Å². The average Bonchev–Trinajstić information content (AvgIpc) is 2.73. The van der Waals surface area contributed by atoms with E-state index in [0.29, 0.717) is 0 Å². The summed E-state index contributed by atoms with van der Waals surface area (Å²) in [4.78, 5) is 2.14. The van der Waals surface area contributed by atoms with Gasteiger partial charge in [-0.2, -0.15) is 0 Å². The van der Waals surface area contributed by atoms with Crippen molar-refractivity contribution in [2.45, 2.75) is 6.04 Å². The van der Waals surface area contributed by atoms with Gasteiger partial charge in [0.05, 0.1) is 6.04 Å². The molecule has 0 saturated heterocycles. The van der Waals surface area contributed by atoms with E-state index in [1.165, 1.54) is 15.6 Å². The number of likely N-dealkylation sites (N-methyl/N-ethyl adjacent to an activating group) is 1. The lowest BCUT2D eigenvalue weighted by Gasteiger charge is -2.21. The standard InChI is InChI=1S/C12H17N3S/c1-15(2)8-11(14-13)10-5-3-4-9-6-7-16-12(9)10/h3-7,11,14H,8,13H2,1-2H3. The molecular formula is C12H17N3S. The Morgan fingerprint density at radius 3 is 2.88 bits per heavy atom. The van der Waals surface area contributed by atoms with Crippen molar-refractivity contribution in [2.24, 2.45) is 5.84 Å². The fourth-order valence-electron chi connectivity index (χ4n) is 1.90. The van der Waals surface area contributed by atoms with Crippen molar-refractivity contribution in [2.75, 3.05) is 20.6 Å². The fraction of sp³-hybridized carbons (Fsp3) is 0.333. The van der Waals surface area contributed by atoms with Gasteiger partial charge in [-0.3, -0.25) is 11.3 Å². The van der Waals surface area contributed by atoms with E-state index in [1.807, 2.05) is 0 Å². The first-order valence-electron chi connectivity index (χ1n) is 5.29. The van der Waals surface area contributed by atoms with Gasteiger partial charge in [0.25, 0.3) is 0 Å². The van der Waals surface area contributed by atoms with Crippen molar-refractivity contribution in [3.8, 4) is 0 Å². The van der Waals surface area contributed by atoms with E-state index in [-0.39, 0.29) is 6.04 Å². The first kappa shape index (κ1) is 11.5. The molecule has 86 valence electrons. The molecule has 0 bridgehead atoms. The second kappa shape index (κ2) is 4.93. The fourth-order valence-corrected chi connectivity index (χ4v) is 2.87. The number of fused-ring (bicyclic) bond motifs is 1. The number of hydrogen-bond acceptors (Lipinski definition) is 4. The first-order chi connectivity index (χ1) is 7.72. The van der Waals surface area contributed by atoms with Crippen LogP contribution in [-0.2, 0) is 0 Å². The Labute approximate surface area is 99.8 Å². The lowest BCUT2D eigenvalue weighted by Crippen LogP contribution is -2.35. The Kier molecular flexibility index (Phi) is 3.56. The maximum Gasteiger partial charge on any atom is 0.0600 e. The predicted molar refractivity (Wildman–Crippen MR) is 70.4 cm³/mol. The van der Waals surface area contributed by atoms with E-state index < -0.39 is 0 Å². The SMILES string of the molecule is CN(C)CC(NN)c1cccc2ccsc12. The maximum absolute atomic E-state index is 5.64. The quantitative estimate of drug-likeness (QED) is 0.629. The summed E-state index contributed by atoms with van der Waals surface area (Å²) in [5.74, 6) is 5.64. The summed E-state index contributed by atoms with van der Waals surface area (Å²) in [6, 6.07) is 8.69. The molecule has 0 aliphatic heterocycles. The van der Waals surface area contributed by atoms with Gasteiger partial charge in [-0.25, -0.2) is 0 Å². The monoisotopic (exact) mass is 235 g/mol. The molecule has 2 rings (SSSR count). The Hall–Kier alpha value is -0.940. The maximum atomic E-state index is 5.64. The summed E-state index contributed by atoms with van der Waals surface area (Å²) < 4.78 is 1.33. The summed E-state index contributed by atoms with van der Waals surface area (Å²) in [7, 11) is 4.11. The number of benzene rings is 1. The van der Waals surface area contributed by atoms with Crippen LogP contribution >= 0.6 is 11.3 Å². The van der Waals surface area contributed by atoms with Crippen LogP contribution in [0.1, 0.15) is 11.6 Å². The van der Waals surface area contributed by atoms with E-state index in [0.717, 1.165) is 6.54 Å². The summed E-state index contributed by atoms with van der Waals surface area (Å²) in [6.45, 7) is 0.896. The van der Waals surface area contributed by atoms with Crippen LogP contribution in [0, 0.1) is 0 Å². The highest BCUT2D eigenvalue weighted by atomic mass is 32.1. The van der Waals surface area contributed by atoms with Gasteiger partial charge in [-0.1, -0.05) is 18.2 Å². The molecule has 3 nitrogen and oxygen atoms in total. The minimum atomic E-state index is 0.178. The van der Waals surface area contributed by atoms with Crippen LogP contribution in [0.4, 0.5) is 0 Å². The summed E-state index contributed by atoms with van der Waals surface area (Å²) in [5.41, 5.74) is 4.18. The van der Waals surface area contributed by atoms with Crippen LogP contribution in [0.5, 0.6) is 0 Å². The van der Waals surface area contributed by atoms with Crippen molar-refractivity contribution >= 4 is 21.4 Å². The predicted octanol–water partition coefficient (Wildman–Crippen LogP) is 1.97. The van der Waals surface area contributed by atoms with Gasteiger partial charge < -0.3 is 4.90 Å². The third-order valence-corrected chi connectivity index (χ3v) is 3.61. The number of nitrogens with one attached hydrogen (secondary N) is 1. The Morgan fingerprint density at radius 2 is 2.19 bits per heavy atom. The van der Waals surface area contributed by atoms with Gasteiger partial charge >= 0.3 is 0 Å². The second-order valence-corrected chi connectivity index (χ2v) is 5.08. The van der Waals surface area contributed by atoms with Gasteiger partial charge in [0, 0.05) is 11.2 Å². The molecule has 0 radical (unpaired) electrons. The van der Waals surface area contributed by atoms with E-state index in [4.69, 9.17) is 5.84 Å². The number of thiophene rings is 1. The Balaban J connectivity index is 2.40. The van der Waals surface area contributed by atoms with E-state index in [2.05, 4.69) is 54.1 Å². The second-order valence-electron chi connectivity index (χ2n) is 4.17. The van der Waals surface area contributed by atoms with Gasteiger partial charge in [0.15, 0.2) is 0 Å². The Bertz CT molecular complexity index is 464. The summed E-state index contributed by atoms with van der Waals surface area (Å²) in [6.07, 6.45) is 0. The van der Waals surface area contributed by atoms with Crippen molar-refractivity contribution in [1.29, 1.82) is 0 Å². The van der Waals surface area contributed by atoms with E-state index >= 15 is 0 Å². The zero-order valence-corrected chi connectivity index (χ0v) is 10.4. The molecule has 1 aromatic carbocycles. The van der Waals surface area contributed by atoms with Crippen LogP contribution in [-0.4, -0.2) is 25.5 Å². The molecule has 4 heteroatoms. The van der Waals surface area contributed by atoms with E-state index in [9.17, 15) is 0 Å². The van der Waals surface area contributed by atoms with Crippen LogP contribution in [0.3, 0.4) is 0 Å². The third kappa shape index (κ3) is 2.25. The van der Waals surface area contributed by atoms with Crippen molar-refractivity contribution in [1.82, 2.24) is 10.3 Å². The molecule has 0 fully saturated rings. The van der Waals surface area contributed by atoms with Crippen molar-refractivity contribution in [3.63, 3.8) is 0 Å². The lowest BCUT2D eigenvalue weighted by molar-refractivity contribution is 0.345. The molecular weight excluding hydrogens is 218 g/mol. The molecule has 0 spiro atoms. The largest absolute Gasteiger partial charge is 0.307 e. The minimum absolute atomic E-state index is 0.178. The minimum Gasteiger partial charge on any atom is -0.307 e. The van der Waals surface area contributed by atoms with E-state index in [1.54, 1.807) is 11.3 Å².